The van der Waals surface area contributed by atoms with Gasteiger partial charge < -0.3 is 4.57 Å². The lowest BCUT2D eigenvalue weighted by molar-refractivity contribution is 0.101. The first-order chi connectivity index (χ1) is 7.18. The van der Waals surface area contributed by atoms with Gasteiger partial charge in [-0.05, 0) is 53.2 Å². The Morgan fingerprint density at radius 3 is 2.47 bits per heavy atom. The van der Waals surface area contributed by atoms with Crippen LogP contribution in [0.1, 0.15) is 17.3 Å². The monoisotopic (exact) mass is 263 g/mol. The minimum atomic E-state index is 0.0785. The number of benzene rings is 1. The number of hydrogen-bond donors (Lipinski definition) is 0. The molecule has 1 aromatic carbocycles. The van der Waals surface area contributed by atoms with Crippen molar-refractivity contribution in [3.05, 3.63) is 52.8 Å². The molecule has 0 saturated carbocycles. The summed E-state index contributed by atoms with van der Waals surface area (Å²) in [5, 5.41) is 0. The van der Waals surface area contributed by atoms with E-state index in [1.807, 2.05) is 47.3 Å². The van der Waals surface area contributed by atoms with Crippen LogP contribution < -0.4 is 0 Å². The maximum Gasteiger partial charge on any atom is 0.159 e. The highest BCUT2D eigenvalue weighted by atomic mass is 79.9. The first-order valence-electron chi connectivity index (χ1n) is 4.62. The molecule has 76 valence electrons. The van der Waals surface area contributed by atoms with Crippen LogP contribution in [0.2, 0.25) is 0 Å². The minimum absolute atomic E-state index is 0.0785. The lowest BCUT2D eigenvalue weighted by atomic mass is 10.1. The third-order valence-electron chi connectivity index (χ3n) is 2.24. The van der Waals surface area contributed by atoms with Crippen molar-refractivity contribution in [1.82, 2.24) is 4.57 Å². The van der Waals surface area contributed by atoms with E-state index < -0.39 is 0 Å². The molecule has 0 atom stereocenters. The summed E-state index contributed by atoms with van der Waals surface area (Å²) in [6.45, 7) is 1.57. The average Bonchev–Trinajstić information content (AvgIpc) is 2.70. The molecule has 15 heavy (non-hydrogen) atoms. The van der Waals surface area contributed by atoms with Crippen LogP contribution >= 0.6 is 15.9 Å². The Morgan fingerprint density at radius 1 is 1.27 bits per heavy atom. The molecule has 2 rings (SSSR count). The fourth-order valence-electron chi connectivity index (χ4n) is 1.43. The summed E-state index contributed by atoms with van der Waals surface area (Å²) in [6.07, 6.45) is 3.93. The van der Waals surface area contributed by atoms with E-state index in [2.05, 4.69) is 15.9 Å². The van der Waals surface area contributed by atoms with Gasteiger partial charge in [0.1, 0.15) is 0 Å². The van der Waals surface area contributed by atoms with E-state index in [4.69, 9.17) is 0 Å². The van der Waals surface area contributed by atoms with Crippen molar-refractivity contribution in [2.75, 3.05) is 0 Å². The molecule has 1 heterocycles. The fraction of sp³-hybridized carbons (Fsp3) is 0.0833. The number of halogens is 1. The largest absolute Gasteiger partial charge is 0.323 e. The van der Waals surface area contributed by atoms with Gasteiger partial charge in [0.25, 0.3) is 0 Å². The average molecular weight is 264 g/mol. The Hall–Kier alpha value is -1.35. The molecule has 2 aromatic rings. The number of Topliss-reactive ketones (excluding diaryl/α,β-unsaturated/α-hetero) is 1. The molecule has 0 amide bonds. The zero-order chi connectivity index (χ0) is 10.8. The standard InChI is InChI=1S/C12H10BrNO/c1-9(15)10-4-5-12(11(13)8-10)14-6-2-3-7-14/h2-8H,1H3. The number of hydrogen-bond acceptors (Lipinski definition) is 1. The van der Waals surface area contributed by atoms with Crippen LogP contribution in [-0.2, 0) is 0 Å². The Morgan fingerprint density at radius 2 is 1.93 bits per heavy atom. The zero-order valence-corrected chi connectivity index (χ0v) is 9.86. The molecular formula is C12H10BrNO. The van der Waals surface area contributed by atoms with Gasteiger partial charge in [-0.15, -0.1) is 0 Å². The van der Waals surface area contributed by atoms with Crippen molar-refractivity contribution in [3.8, 4) is 5.69 Å². The van der Waals surface area contributed by atoms with Crippen LogP contribution in [0.4, 0.5) is 0 Å². The molecule has 0 spiro atoms. The van der Waals surface area contributed by atoms with Gasteiger partial charge in [-0.2, -0.15) is 0 Å². The van der Waals surface area contributed by atoms with Crippen LogP contribution in [0, 0.1) is 0 Å². The van der Waals surface area contributed by atoms with Crippen molar-refractivity contribution >= 4 is 21.7 Å². The van der Waals surface area contributed by atoms with Gasteiger partial charge in [0, 0.05) is 22.4 Å². The van der Waals surface area contributed by atoms with E-state index in [0.717, 1.165) is 15.7 Å². The Labute approximate surface area is 96.7 Å². The highest BCUT2D eigenvalue weighted by molar-refractivity contribution is 9.10. The number of ketones is 1. The third-order valence-corrected chi connectivity index (χ3v) is 2.87. The summed E-state index contributed by atoms with van der Waals surface area (Å²) in [6, 6.07) is 9.54. The van der Waals surface area contributed by atoms with Crippen molar-refractivity contribution < 1.29 is 4.79 Å². The summed E-state index contributed by atoms with van der Waals surface area (Å²) in [5.41, 5.74) is 1.75. The first kappa shape index (κ1) is 10.2. The molecule has 0 N–H and O–H groups in total. The second-order valence-corrected chi connectivity index (χ2v) is 4.17. The first-order valence-corrected chi connectivity index (χ1v) is 5.41. The molecule has 1 aromatic heterocycles. The van der Waals surface area contributed by atoms with Crippen molar-refractivity contribution in [3.63, 3.8) is 0 Å². The number of carbonyl (C=O) groups excluding carboxylic acids is 1. The molecule has 0 fully saturated rings. The highest BCUT2D eigenvalue weighted by Gasteiger charge is 2.05. The molecule has 0 saturated heterocycles. The predicted octanol–water partition coefficient (Wildman–Crippen LogP) is 3.44. The number of nitrogens with zero attached hydrogens (tertiary/aromatic N) is 1. The van der Waals surface area contributed by atoms with Gasteiger partial charge in [0.05, 0.1) is 5.69 Å². The molecule has 3 heteroatoms. The van der Waals surface area contributed by atoms with Gasteiger partial charge in [-0.1, -0.05) is 0 Å². The maximum absolute atomic E-state index is 11.2. The van der Waals surface area contributed by atoms with Crippen molar-refractivity contribution in [2.45, 2.75) is 6.92 Å². The quantitative estimate of drug-likeness (QED) is 0.761. The van der Waals surface area contributed by atoms with Crippen molar-refractivity contribution in [2.24, 2.45) is 0 Å². The summed E-state index contributed by atoms with van der Waals surface area (Å²) >= 11 is 3.46. The number of aromatic nitrogens is 1. The van der Waals surface area contributed by atoms with Gasteiger partial charge in [-0.25, -0.2) is 0 Å². The highest BCUT2D eigenvalue weighted by Crippen LogP contribution is 2.22. The lowest BCUT2D eigenvalue weighted by Gasteiger charge is -2.06. The molecule has 0 bridgehead atoms. The summed E-state index contributed by atoms with van der Waals surface area (Å²) in [5.74, 6) is 0.0785. The predicted molar refractivity (Wildman–Crippen MR) is 63.5 cm³/mol. The third kappa shape index (κ3) is 2.02. The second-order valence-electron chi connectivity index (χ2n) is 3.31. The number of rotatable bonds is 2. The van der Waals surface area contributed by atoms with E-state index in [0.29, 0.717) is 0 Å². The summed E-state index contributed by atoms with van der Waals surface area (Å²) < 4.78 is 2.92. The SMILES string of the molecule is CC(=O)c1ccc(-n2cccc2)c(Br)c1. The van der Waals surface area contributed by atoms with E-state index in [9.17, 15) is 4.79 Å². The molecular weight excluding hydrogens is 254 g/mol. The second kappa shape index (κ2) is 4.03. The van der Waals surface area contributed by atoms with Crippen LogP contribution in [0.15, 0.2) is 47.2 Å². The summed E-state index contributed by atoms with van der Waals surface area (Å²) in [7, 11) is 0. The smallest absolute Gasteiger partial charge is 0.159 e. The Balaban J connectivity index is 2.48. The van der Waals surface area contributed by atoms with Crippen LogP contribution in [0.5, 0.6) is 0 Å². The molecule has 0 aliphatic heterocycles. The zero-order valence-electron chi connectivity index (χ0n) is 8.27. The van der Waals surface area contributed by atoms with Gasteiger partial charge in [0.2, 0.25) is 0 Å². The molecule has 0 unspecified atom stereocenters. The van der Waals surface area contributed by atoms with E-state index in [1.165, 1.54) is 0 Å². The maximum atomic E-state index is 11.2. The van der Waals surface area contributed by atoms with Crippen LogP contribution in [-0.4, -0.2) is 10.4 Å². The molecule has 2 nitrogen and oxygen atoms in total. The fourth-order valence-corrected chi connectivity index (χ4v) is 2.01. The van der Waals surface area contributed by atoms with Gasteiger partial charge in [-0.3, -0.25) is 4.79 Å². The topological polar surface area (TPSA) is 22.0 Å². The minimum Gasteiger partial charge on any atom is -0.323 e. The normalized spacial score (nSPS) is 10.3. The van der Waals surface area contributed by atoms with Crippen LogP contribution in [0.3, 0.4) is 0 Å². The summed E-state index contributed by atoms with van der Waals surface area (Å²) in [4.78, 5) is 11.2. The van der Waals surface area contributed by atoms with Crippen LogP contribution in [0.25, 0.3) is 5.69 Å². The van der Waals surface area contributed by atoms with E-state index in [1.54, 1.807) is 6.92 Å². The number of carbonyl (C=O) groups is 1. The van der Waals surface area contributed by atoms with E-state index in [-0.39, 0.29) is 5.78 Å². The Bertz CT molecular complexity index is 488. The Kier molecular flexibility index (Phi) is 2.73. The van der Waals surface area contributed by atoms with Crippen molar-refractivity contribution in [1.29, 1.82) is 0 Å². The molecule has 0 aliphatic carbocycles. The lowest BCUT2D eigenvalue weighted by Crippen LogP contribution is -1.96. The van der Waals surface area contributed by atoms with E-state index >= 15 is 0 Å². The molecule has 0 radical (unpaired) electrons. The van der Waals surface area contributed by atoms with Gasteiger partial charge >= 0.3 is 0 Å². The molecule has 0 aliphatic rings. The van der Waals surface area contributed by atoms with Gasteiger partial charge in [0.15, 0.2) is 5.78 Å².